The second kappa shape index (κ2) is 6.63. The first-order valence-electron chi connectivity index (χ1n) is 7.30. The van der Waals surface area contributed by atoms with Gasteiger partial charge in [-0.3, -0.25) is 19.2 Å². The highest BCUT2D eigenvalue weighted by Gasteiger charge is 2.35. The molecule has 0 aromatic heterocycles. The van der Waals surface area contributed by atoms with Crippen molar-refractivity contribution in [2.24, 2.45) is 0 Å². The van der Waals surface area contributed by atoms with Crippen LogP contribution in [-0.4, -0.2) is 57.4 Å². The first-order chi connectivity index (χ1) is 11.5. The zero-order valence-electron chi connectivity index (χ0n) is 12.5. The molecule has 1 atom stereocenters. The summed E-state index contributed by atoms with van der Waals surface area (Å²) in [6.07, 6.45) is 0.921. The molecule has 0 saturated carbocycles. The molecule has 128 valence electrons. The molecule has 0 spiro atoms. The molecule has 2 amide bonds. The van der Waals surface area contributed by atoms with Crippen LogP contribution in [-0.2, 0) is 9.63 Å². The highest BCUT2D eigenvalue weighted by Crippen LogP contribution is 2.22. The average molecular weight is 335 g/mol. The number of carboxylic acids is 1. The summed E-state index contributed by atoms with van der Waals surface area (Å²) < 4.78 is 0. The molecule has 1 saturated heterocycles. The number of carbonyl (C=O) groups excluding carboxylic acids is 2. The van der Waals surface area contributed by atoms with Crippen LogP contribution in [0.25, 0.3) is 0 Å². The van der Waals surface area contributed by atoms with Gasteiger partial charge in [-0.2, -0.15) is 0 Å². The lowest BCUT2D eigenvalue weighted by molar-refractivity contribution is -0.184. The average Bonchev–Trinajstić information content (AvgIpc) is 3.15. The topological polar surface area (TPSA) is 125 Å². The van der Waals surface area contributed by atoms with Gasteiger partial charge in [0.05, 0.1) is 11.1 Å². The van der Waals surface area contributed by atoms with E-state index in [0.29, 0.717) is 12.8 Å². The van der Waals surface area contributed by atoms with E-state index in [4.69, 9.17) is 9.94 Å². The predicted molar refractivity (Wildman–Crippen MR) is 78.6 cm³/mol. The second-order valence-electron chi connectivity index (χ2n) is 5.38. The van der Waals surface area contributed by atoms with Crippen LogP contribution in [0.15, 0.2) is 24.3 Å². The highest BCUT2D eigenvalue weighted by atomic mass is 16.8. The van der Waals surface area contributed by atoms with Gasteiger partial charge in [-0.1, -0.05) is 12.1 Å². The Hall–Kier alpha value is -2.37. The fourth-order valence-electron chi connectivity index (χ4n) is 2.78. The van der Waals surface area contributed by atoms with Crippen molar-refractivity contribution in [2.45, 2.75) is 18.9 Å². The maximum atomic E-state index is 12.1. The standard InChI is InChI=1S/C14H15N4O6/c19-12-9-4-1-2-5-10(9)13(20)16(12)8-24-15-18(23)17-7-3-6-11(17)14(21)22/h1-2,4-5,11,15H,3,6-8H2,(H,21,22)/q-1/t11-/m0/s1. The Labute approximate surface area is 136 Å². The van der Waals surface area contributed by atoms with Crippen molar-refractivity contribution in [2.75, 3.05) is 13.3 Å². The van der Waals surface area contributed by atoms with E-state index in [2.05, 4.69) is 0 Å². The van der Waals surface area contributed by atoms with Crippen LogP contribution < -0.4 is 5.59 Å². The summed E-state index contributed by atoms with van der Waals surface area (Å²) in [5, 5.41) is 22.1. The zero-order chi connectivity index (χ0) is 17.3. The van der Waals surface area contributed by atoms with Gasteiger partial charge in [-0.25, -0.2) is 15.2 Å². The van der Waals surface area contributed by atoms with E-state index in [0.717, 1.165) is 9.91 Å². The number of hydrogen-bond donors (Lipinski definition) is 2. The van der Waals surface area contributed by atoms with E-state index in [1.165, 1.54) is 12.1 Å². The van der Waals surface area contributed by atoms with E-state index < -0.39 is 30.6 Å². The summed E-state index contributed by atoms with van der Waals surface area (Å²) in [4.78, 5) is 41.0. The summed E-state index contributed by atoms with van der Waals surface area (Å²) in [5.74, 6) is -2.13. The van der Waals surface area contributed by atoms with Gasteiger partial charge in [0, 0.05) is 6.54 Å². The van der Waals surface area contributed by atoms with Gasteiger partial charge in [0.2, 0.25) is 0 Å². The largest absolute Gasteiger partial charge is 0.756 e. The lowest BCUT2D eigenvalue weighted by Crippen LogP contribution is -2.52. The van der Waals surface area contributed by atoms with Crippen molar-refractivity contribution >= 4 is 17.8 Å². The fraction of sp³-hybridized carbons (Fsp3) is 0.357. The van der Waals surface area contributed by atoms with Crippen LogP contribution in [0.1, 0.15) is 33.6 Å². The molecule has 3 rings (SSSR count). The SMILES string of the molecule is O=C(O)[C@@H]1CCCN1N([O-])NOCN1C(=O)c2ccccc2C1=O. The molecule has 24 heavy (non-hydrogen) atoms. The third-order valence-electron chi connectivity index (χ3n) is 3.96. The van der Waals surface area contributed by atoms with Crippen molar-refractivity contribution in [3.8, 4) is 0 Å². The molecule has 0 radical (unpaired) electrons. The molecule has 0 bridgehead atoms. The molecule has 2 N–H and O–H groups in total. The minimum Gasteiger partial charge on any atom is -0.756 e. The number of carboxylic acid groups (broad SMARTS) is 1. The summed E-state index contributed by atoms with van der Waals surface area (Å²) in [6.45, 7) is -0.208. The van der Waals surface area contributed by atoms with E-state index in [-0.39, 0.29) is 23.0 Å². The lowest BCUT2D eigenvalue weighted by Gasteiger charge is -2.38. The van der Waals surface area contributed by atoms with Gasteiger partial charge in [0.15, 0.2) is 6.73 Å². The molecule has 1 aromatic carbocycles. The Morgan fingerprint density at radius 3 is 2.54 bits per heavy atom. The molecule has 1 fully saturated rings. The van der Waals surface area contributed by atoms with Gasteiger partial charge >= 0.3 is 5.97 Å². The highest BCUT2D eigenvalue weighted by molar-refractivity contribution is 6.21. The Morgan fingerprint density at radius 2 is 1.96 bits per heavy atom. The van der Waals surface area contributed by atoms with Gasteiger partial charge in [0.25, 0.3) is 11.8 Å². The Balaban J connectivity index is 1.55. The quantitative estimate of drug-likeness (QED) is 0.543. The maximum Gasteiger partial charge on any atom is 0.322 e. The first kappa shape index (κ1) is 16.5. The lowest BCUT2D eigenvalue weighted by atomic mass is 10.1. The molecule has 2 heterocycles. The number of hydrazine groups is 2. The number of nitrogens with one attached hydrogen (secondary N) is 1. The van der Waals surface area contributed by atoms with Gasteiger partial charge < -0.3 is 10.3 Å². The molecule has 0 unspecified atom stereocenters. The van der Waals surface area contributed by atoms with Crippen LogP contribution in [0.3, 0.4) is 0 Å². The molecule has 0 aliphatic carbocycles. The minimum atomic E-state index is -1.10. The number of nitrogens with zero attached hydrogens (tertiary/aromatic N) is 3. The van der Waals surface area contributed by atoms with Crippen molar-refractivity contribution in [3.63, 3.8) is 0 Å². The number of rotatable bonds is 6. The maximum absolute atomic E-state index is 12.1. The third-order valence-corrected chi connectivity index (χ3v) is 3.96. The van der Waals surface area contributed by atoms with Crippen LogP contribution in [0.2, 0.25) is 0 Å². The smallest absolute Gasteiger partial charge is 0.322 e. The Morgan fingerprint density at radius 1 is 1.33 bits per heavy atom. The molecule has 2 aliphatic rings. The first-order valence-corrected chi connectivity index (χ1v) is 7.30. The van der Waals surface area contributed by atoms with Gasteiger partial charge in [-0.05, 0) is 25.0 Å². The number of benzene rings is 1. The fourth-order valence-corrected chi connectivity index (χ4v) is 2.78. The van der Waals surface area contributed by atoms with E-state index in [1.807, 2.05) is 5.59 Å². The van der Waals surface area contributed by atoms with E-state index >= 15 is 0 Å². The van der Waals surface area contributed by atoms with Crippen molar-refractivity contribution in [3.05, 3.63) is 40.6 Å². The normalized spacial score (nSPS) is 20.9. The van der Waals surface area contributed by atoms with Crippen molar-refractivity contribution < 1.29 is 24.3 Å². The molecular formula is C14H15N4O6-. The van der Waals surface area contributed by atoms with E-state index in [9.17, 15) is 19.6 Å². The van der Waals surface area contributed by atoms with Crippen molar-refractivity contribution in [1.82, 2.24) is 20.8 Å². The summed E-state index contributed by atoms with van der Waals surface area (Å²) in [6, 6.07) is 5.42. The van der Waals surface area contributed by atoms with Gasteiger partial charge in [0.1, 0.15) is 6.04 Å². The number of imide groups is 1. The number of carbonyl (C=O) groups is 3. The number of aliphatic carboxylic acids is 1. The van der Waals surface area contributed by atoms with E-state index in [1.54, 1.807) is 12.1 Å². The number of amides is 2. The van der Waals surface area contributed by atoms with Crippen LogP contribution in [0, 0.1) is 5.21 Å². The molecular weight excluding hydrogens is 320 g/mol. The minimum absolute atomic E-state index is 0.171. The van der Waals surface area contributed by atoms with Gasteiger partial charge in [-0.15, -0.1) is 5.59 Å². The van der Waals surface area contributed by atoms with Crippen LogP contribution >= 0.6 is 0 Å². The molecule has 10 heteroatoms. The number of fused-ring (bicyclic) bond motifs is 1. The zero-order valence-corrected chi connectivity index (χ0v) is 12.5. The number of hydrogen-bond acceptors (Lipinski definition) is 8. The summed E-state index contributed by atoms with van der Waals surface area (Å²) in [7, 11) is 0. The monoisotopic (exact) mass is 335 g/mol. The summed E-state index contributed by atoms with van der Waals surface area (Å²) >= 11 is 0. The predicted octanol–water partition coefficient (Wildman–Crippen LogP) is -0.0599. The Bertz CT molecular complexity index is 646. The molecule has 2 aliphatic heterocycles. The Kier molecular flexibility index (Phi) is 4.55. The third kappa shape index (κ3) is 2.88. The van der Waals surface area contributed by atoms with Crippen LogP contribution in [0.4, 0.5) is 0 Å². The molecule has 1 aromatic rings. The second-order valence-corrected chi connectivity index (χ2v) is 5.38. The van der Waals surface area contributed by atoms with Crippen molar-refractivity contribution in [1.29, 1.82) is 0 Å². The summed E-state index contributed by atoms with van der Waals surface area (Å²) in [5.41, 5.74) is 2.55. The van der Waals surface area contributed by atoms with Crippen LogP contribution in [0.5, 0.6) is 0 Å². The molecule has 10 nitrogen and oxygen atoms in total.